The Morgan fingerprint density at radius 2 is 1.94 bits per heavy atom. The minimum absolute atomic E-state index is 0.0460. The molecule has 1 atom stereocenters. The van der Waals surface area contributed by atoms with E-state index in [-0.39, 0.29) is 5.91 Å². The standard InChI is InChI=1S/C11H22N2O4S/c1-4-10(17-2)11(14)12-6-5-7-13(9-8-12)18(3,15)16/h10H,4-9H2,1-3H3. The van der Waals surface area contributed by atoms with Gasteiger partial charge in [0.15, 0.2) is 0 Å². The Bertz CT molecular complexity index is 379. The van der Waals surface area contributed by atoms with Gasteiger partial charge >= 0.3 is 0 Å². The van der Waals surface area contributed by atoms with Gasteiger partial charge in [-0.3, -0.25) is 4.79 Å². The number of hydrogen-bond acceptors (Lipinski definition) is 4. The molecule has 0 aromatic heterocycles. The van der Waals surface area contributed by atoms with Crippen molar-refractivity contribution >= 4 is 15.9 Å². The summed E-state index contributed by atoms with van der Waals surface area (Å²) in [5.41, 5.74) is 0. The van der Waals surface area contributed by atoms with Crippen LogP contribution in [0.2, 0.25) is 0 Å². The monoisotopic (exact) mass is 278 g/mol. The highest BCUT2D eigenvalue weighted by Crippen LogP contribution is 2.10. The van der Waals surface area contributed by atoms with Crippen LogP contribution in [-0.2, 0) is 19.6 Å². The van der Waals surface area contributed by atoms with E-state index in [1.54, 1.807) is 4.90 Å². The Labute approximate surface area is 109 Å². The molecule has 0 radical (unpaired) electrons. The van der Waals surface area contributed by atoms with Gasteiger partial charge in [-0.15, -0.1) is 0 Å². The lowest BCUT2D eigenvalue weighted by atomic mass is 10.2. The van der Waals surface area contributed by atoms with Crippen molar-refractivity contribution in [2.75, 3.05) is 39.5 Å². The number of hydrogen-bond donors (Lipinski definition) is 0. The number of nitrogens with zero attached hydrogens (tertiary/aromatic N) is 2. The fourth-order valence-electron chi connectivity index (χ4n) is 2.09. The highest BCUT2D eigenvalue weighted by Gasteiger charge is 2.27. The van der Waals surface area contributed by atoms with Gasteiger partial charge < -0.3 is 9.64 Å². The molecule has 1 aliphatic rings. The zero-order chi connectivity index (χ0) is 13.8. The van der Waals surface area contributed by atoms with Crippen LogP contribution in [0.15, 0.2) is 0 Å². The number of methoxy groups -OCH3 is 1. The first kappa shape index (κ1) is 15.4. The average molecular weight is 278 g/mol. The quantitative estimate of drug-likeness (QED) is 0.720. The number of amides is 1. The average Bonchev–Trinajstić information content (AvgIpc) is 2.55. The third kappa shape index (κ3) is 3.93. The summed E-state index contributed by atoms with van der Waals surface area (Å²) in [6.07, 6.45) is 2.07. The molecule has 0 bridgehead atoms. The second-order valence-corrected chi connectivity index (χ2v) is 6.46. The summed E-state index contributed by atoms with van der Waals surface area (Å²) in [4.78, 5) is 13.8. The summed E-state index contributed by atoms with van der Waals surface area (Å²) in [6.45, 7) is 3.76. The van der Waals surface area contributed by atoms with Crippen molar-refractivity contribution in [1.82, 2.24) is 9.21 Å². The molecule has 0 spiro atoms. The number of carbonyl (C=O) groups is 1. The van der Waals surface area contributed by atoms with Gasteiger partial charge in [0.25, 0.3) is 5.91 Å². The van der Waals surface area contributed by atoms with E-state index in [2.05, 4.69) is 0 Å². The lowest BCUT2D eigenvalue weighted by molar-refractivity contribution is -0.141. The lowest BCUT2D eigenvalue weighted by Gasteiger charge is -2.24. The van der Waals surface area contributed by atoms with Crippen molar-refractivity contribution in [3.05, 3.63) is 0 Å². The highest BCUT2D eigenvalue weighted by atomic mass is 32.2. The normalized spacial score (nSPS) is 20.5. The molecule has 0 aromatic rings. The van der Waals surface area contributed by atoms with Crippen molar-refractivity contribution in [3.63, 3.8) is 0 Å². The van der Waals surface area contributed by atoms with Crippen LogP contribution >= 0.6 is 0 Å². The van der Waals surface area contributed by atoms with Crippen LogP contribution in [0.25, 0.3) is 0 Å². The Hall–Kier alpha value is -0.660. The summed E-state index contributed by atoms with van der Waals surface area (Å²) < 4.78 is 29.5. The first-order chi connectivity index (χ1) is 8.40. The summed E-state index contributed by atoms with van der Waals surface area (Å²) in [7, 11) is -1.65. The molecule has 0 N–H and O–H groups in total. The van der Waals surface area contributed by atoms with Gasteiger partial charge in [-0.2, -0.15) is 0 Å². The Balaban J connectivity index is 2.65. The Morgan fingerprint density at radius 3 is 2.44 bits per heavy atom. The van der Waals surface area contributed by atoms with Crippen LogP contribution in [0.5, 0.6) is 0 Å². The zero-order valence-corrected chi connectivity index (χ0v) is 12.1. The van der Waals surface area contributed by atoms with Gasteiger partial charge in [0.2, 0.25) is 10.0 Å². The molecular formula is C11H22N2O4S. The van der Waals surface area contributed by atoms with Crippen molar-refractivity contribution in [2.24, 2.45) is 0 Å². The fraction of sp³-hybridized carbons (Fsp3) is 0.909. The molecule has 106 valence electrons. The van der Waals surface area contributed by atoms with E-state index in [9.17, 15) is 13.2 Å². The number of sulfonamides is 1. The summed E-state index contributed by atoms with van der Waals surface area (Å²) in [5, 5.41) is 0. The van der Waals surface area contributed by atoms with Crippen molar-refractivity contribution < 1.29 is 17.9 Å². The first-order valence-corrected chi connectivity index (χ1v) is 8.01. The molecule has 0 saturated carbocycles. The molecule has 6 nitrogen and oxygen atoms in total. The van der Waals surface area contributed by atoms with Crippen LogP contribution in [-0.4, -0.2) is 69.2 Å². The van der Waals surface area contributed by atoms with E-state index in [1.165, 1.54) is 17.7 Å². The van der Waals surface area contributed by atoms with E-state index in [0.29, 0.717) is 39.0 Å². The highest BCUT2D eigenvalue weighted by molar-refractivity contribution is 7.88. The summed E-state index contributed by atoms with van der Waals surface area (Å²) in [6, 6.07) is 0. The van der Waals surface area contributed by atoms with Gasteiger partial charge in [0.05, 0.1) is 6.26 Å². The van der Waals surface area contributed by atoms with Gasteiger partial charge in [-0.1, -0.05) is 6.92 Å². The van der Waals surface area contributed by atoms with Crippen molar-refractivity contribution in [3.8, 4) is 0 Å². The Morgan fingerprint density at radius 1 is 1.28 bits per heavy atom. The van der Waals surface area contributed by atoms with Crippen LogP contribution in [0, 0.1) is 0 Å². The second-order valence-electron chi connectivity index (χ2n) is 4.47. The minimum Gasteiger partial charge on any atom is -0.372 e. The summed E-state index contributed by atoms with van der Waals surface area (Å²) >= 11 is 0. The third-order valence-electron chi connectivity index (χ3n) is 3.17. The van der Waals surface area contributed by atoms with E-state index in [4.69, 9.17) is 4.74 Å². The molecular weight excluding hydrogens is 256 g/mol. The minimum atomic E-state index is -3.17. The molecule has 7 heteroatoms. The van der Waals surface area contributed by atoms with E-state index in [0.717, 1.165) is 0 Å². The zero-order valence-electron chi connectivity index (χ0n) is 11.3. The maximum Gasteiger partial charge on any atom is 0.251 e. The predicted octanol–water partition coefficient (Wildman–Crippen LogP) is -0.0947. The number of rotatable bonds is 4. The SMILES string of the molecule is CCC(OC)C(=O)N1CCCN(S(C)(=O)=O)CC1. The molecule has 1 rings (SSSR count). The first-order valence-electron chi connectivity index (χ1n) is 6.16. The molecule has 1 saturated heterocycles. The molecule has 1 fully saturated rings. The largest absolute Gasteiger partial charge is 0.372 e. The fourth-order valence-corrected chi connectivity index (χ4v) is 2.97. The smallest absolute Gasteiger partial charge is 0.251 e. The molecule has 1 aliphatic heterocycles. The molecule has 18 heavy (non-hydrogen) atoms. The van der Waals surface area contributed by atoms with Crippen LogP contribution in [0.1, 0.15) is 19.8 Å². The molecule has 1 heterocycles. The van der Waals surface area contributed by atoms with Crippen LogP contribution in [0.3, 0.4) is 0 Å². The Kier molecular flexibility index (Phi) is 5.55. The van der Waals surface area contributed by atoms with E-state index in [1.807, 2.05) is 6.92 Å². The maximum atomic E-state index is 12.1. The molecule has 0 aromatic carbocycles. The van der Waals surface area contributed by atoms with Gasteiger partial charge in [0.1, 0.15) is 6.10 Å². The van der Waals surface area contributed by atoms with E-state index >= 15 is 0 Å². The van der Waals surface area contributed by atoms with Crippen LogP contribution in [0.4, 0.5) is 0 Å². The van der Waals surface area contributed by atoms with Gasteiger partial charge in [0, 0.05) is 33.3 Å². The van der Waals surface area contributed by atoms with Crippen LogP contribution < -0.4 is 0 Å². The maximum absolute atomic E-state index is 12.1. The number of ether oxygens (including phenoxy) is 1. The molecule has 1 amide bonds. The number of carbonyl (C=O) groups excluding carboxylic acids is 1. The van der Waals surface area contributed by atoms with Gasteiger partial charge in [-0.05, 0) is 12.8 Å². The molecule has 1 unspecified atom stereocenters. The molecule has 0 aliphatic carbocycles. The predicted molar refractivity (Wildman–Crippen MR) is 68.7 cm³/mol. The van der Waals surface area contributed by atoms with Crippen molar-refractivity contribution in [2.45, 2.75) is 25.9 Å². The van der Waals surface area contributed by atoms with E-state index < -0.39 is 16.1 Å². The summed E-state index contributed by atoms with van der Waals surface area (Å²) in [5.74, 6) is -0.0460. The third-order valence-corrected chi connectivity index (χ3v) is 4.47. The van der Waals surface area contributed by atoms with Gasteiger partial charge in [-0.25, -0.2) is 12.7 Å². The van der Waals surface area contributed by atoms with Crippen molar-refractivity contribution in [1.29, 1.82) is 0 Å². The topological polar surface area (TPSA) is 66.9 Å². The lowest BCUT2D eigenvalue weighted by Crippen LogP contribution is -2.42. The second kappa shape index (κ2) is 6.49.